The van der Waals surface area contributed by atoms with E-state index in [4.69, 9.17) is 5.11 Å². The van der Waals surface area contributed by atoms with E-state index in [9.17, 15) is 4.79 Å². The van der Waals surface area contributed by atoms with Gasteiger partial charge in [0.2, 0.25) is 5.91 Å². The molecule has 0 fully saturated rings. The summed E-state index contributed by atoms with van der Waals surface area (Å²) in [5, 5.41) is 11.8. The first-order valence-electron chi connectivity index (χ1n) is 3.87. The zero-order valence-corrected chi connectivity index (χ0v) is 6.50. The van der Waals surface area contributed by atoms with Crippen LogP contribution in [0.25, 0.3) is 0 Å². The maximum absolute atomic E-state index is 10.9. The van der Waals surface area contributed by atoms with E-state index in [2.05, 4.69) is 5.32 Å². The van der Waals surface area contributed by atoms with Gasteiger partial charge in [-0.3, -0.25) is 4.79 Å². The minimum Gasteiger partial charge on any atom is -0.508 e. The van der Waals surface area contributed by atoms with Crippen LogP contribution in [0, 0.1) is 0 Å². The monoisotopic (exact) mass is 165 g/mol. The van der Waals surface area contributed by atoms with Crippen LogP contribution in [0.1, 0.15) is 12.0 Å². The molecule has 0 saturated carbocycles. The van der Waals surface area contributed by atoms with E-state index in [1.165, 1.54) is 0 Å². The largest absolute Gasteiger partial charge is 0.508 e. The second kappa shape index (κ2) is 2.52. The van der Waals surface area contributed by atoms with Crippen LogP contribution in [0.2, 0.25) is 0 Å². The number of aryl methyl sites for hydroxylation is 1. The Kier molecular flexibility index (Phi) is 1.50. The van der Waals surface area contributed by atoms with Crippen LogP contribution in [-0.4, -0.2) is 11.0 Å². The highest BCUT2D eigenvalue weighted by molar-refractivity contribution is 5.94. The molecule has 12 heavy (non-hydrogen) atoms. The summed E-state index contributed by atoms with van der Waals surface area (Å²) in [7, 11) is 0. The lowest BCUT2D eigenvalue weighted by atomic mass is 10.2. The maximum Gasteiger partial charge on any atom is 0.224 e. The lowest BCUT2D eigenvalue weighted by molar-refractivity contribution is -0.116. The van der Waals surface area contributed by atoms with Crippen molar-refractivity contribution in [2.24, 2.45) is 0 Å². The second-order valence-electron chi connectivity index (χ2n) is 2.89. The molecule has 1 aliphatic rings. The summed E-state index contributed by atoms with van der Waals surface area (Å²) in [5.41, 5.74) is 1.83. The zero-order valence-electron chi connectivity index (χ0n) is 6.50. The number of fused-ring (bicyclic) bond motifs is 1. The van der Waals surface area contributed by atoms with Crippen molar-refractivity contribution in [1.29, 1.82) is 0 Å². The number of phenols is 1. The van der Waals surface area contributed by atoms with Crippen molar-refractivity contribution in [2.45, 2.75) is 12.8 Å². The average Bonchev–Trinajstić information content (AvgIpc) is 2.03. The molecular formula is C9H9NO2. The molecule has 1 aromatic rings. The lowest BCUT2D eigenvalue weighted by Crippen LogP contribution is -2.18. The van der Waals surface area contributed by atoms with E-state index in [1.807, 2.05) is 6.07 Å². The summed E-state index contributed by atoms with van der Waals surface area (Å²) >= 11 is 0. The molecular weight excluding hydrogens is 156 g/mol. The van der Waals surface area contributed by atoms with Gasteiger partial charge in [-0.1, -0.05) is 6.07 Å². The summed E-state index contributed by atoms with van der Waals surface area (Å²) in [6, 6.07) is 5.05. The SMILES string of the molecule is O=C1C[14CH2]c2ccc(O)cc2N1. The number of carbonyl (C=O) groups excluding carboxylic acids is 1. The zero-order chi connectivity index (χ0) is 8.55. The number of carbonyl (C=O) groups is 1. The number of hydrogen-bond acceptors (Lipinski definition) is 2. The Morgan fingerprint density at radius 2 is 2.33 bits per heavy atom. The summed E-state index contributed by atoms with van der Waals surface area (Å²) in [6.45, 7) is 0. The Morgan fingerprint density at radius 1 is 1.50 bits per heavy atom. The predicted octanol–water partition coefficient (Wildman–Crippen LogP) is 1.28. The van der Waals surface area contributed by atoms with E-state index >= 15 is 0 Å². The number of anilines is 1. The van der Waals surface area contributed by atoms with Crippen molar-refractivity contribution >= 4 is 11.6 Å². The Labute approximate surface area is 70.0 Å². The van der Waals surface area contributed by atoms with Crippen LogP contribution in [-0.2, 0) is 11.2 Å². The van der Waals surface area contributed by atoms with Gasteiger partial charge < -0.3 is 10.4 Å². The van der Waals surface area contributed by atoms with Crippen LogP contribution >= 0.6 is 0 Å². The van der Waals surface area contributed by atoms with Gasteiger partial charge >= 0.3 is 0 Å². The standard InChI is InChI=1S/C9H9NO2/c11-7-3-1-6-2-4-9(12)10-8(6)5-7/h1,3,5,11H,2,4H2,(H,10,12)/i2+2. The molecule has 0 unspecified atom stereocenters. The van der Waals surface area contributed by atoms with Crippen molar-refractivity contribution in [3.8, 4) is 5.75 Å². The Balaban J connectivity index is 2.44. The number of hydrogen-bond donors (Lipinski definition) is 2. The van der Waals surface area contributed by atoms with E-state index < -0.39 is 0 Å². The number of phenolic OH excluding ortho intramolecular Hbond substituents is 1. The first kappa shape index (κ1) is 7.16. The Bertz CT molecular complexity index is 333. The highest BCUT2D eigenvalue weighted by atomic mass is 16.3. The topological polar surface area (TPSA) is 49.3 Å². The maximum atomic E-state index is 10.9. The van der Waals surface area contributed by atoms with Gasteiger partial charge in [-0.15, -0.1) is 0 Å². The molecule has 0 bridgehead atoms. The molecule has 2 rings (SSSR count). The molecule has 2 N–H and O–H groups in total. The quantitative estimate of drug-likeness (QED) is 0.608. The molecule has 0 spiro atoms. The van der Waals surface area contributed by atoms with Crippen molar-refractivity contribution in [1.82, 2.24) is 0 Å². The smallest absolute Gasteiger partial charge is 0.224 e. The van der Waals surface area contributed by atoms with E-state index in [-0.39, 0.29) is 11.7 Å². The predicted molar refractivity (Wildman–Crippen MR) is 45.1 cm³/mol. The molecule has 3 nitrogen and oxygen atoms in total. The molecule has 1 aromatic carbocycles. The first-order chi connectivity index (χ1) is 5.75. The molecule has 0 saturated heterocycles. The molecule has 0 aliphatic carbocycles. The van der Waals surface area contributed by atoms with Gasteiger partial charge in [0.1, 0.15) is 5.75 Å². The van der Waals surface area contributed by atoms with Crippen LogP contribution in [0.15, 0.2) is 18.2 Å². The molecule has 1 amide bonds. The summed E-state index contributed by atoms with van der Waals surface area (Å²) in [4.78, 5) is 10.9. The van der Waals surface area contributed by atoms with Crippen molar-refractivity contribution in [2.75, 3.05) is 5.32 Å². The normalized spacial score (nSPS) is 15.2. The minimum absolute atomic E-state index is 0.0214. The summed E-state index contributed by atoms with van der Waals surface area (Å²) in [5.74, 6) is 0.212. The fraction of sp³-hybridized carbons (Fsp3) is 0.222. The molecule has 0 aromatic heterocycles. The molecule has 3 heteroatoms. The van der Waals surface area contributed by atoms with Crippen LogP contribution in [0.5, 0.6) is 5.75 Å². The number of aromatic hydroxyl groups is 1. The van der Waals surface area contributed by atoms with E-state index in [1.54, 1.807) is 12.1 Å². The van der Waals surface area contributed by atoms with Crippen molar-refractivity contribution in [3.63, 3.8) is 0 Å². The fourth-order valence-electron chi connectivity index (χ4n) is 1.36. The van der Waals surface area contributed by atoms with Gasteiger partial charge in [-0.25, -0.2) is 0 Å². The molecule has 62 valence electrons. The van der Waals surface area contributed by atoms with Crippen LogP contribution < -0.4 is 5.32 Å². The molecule has 0 radical (unpaired) electrons. The second-order valence-corrected chi connectivity index (χ2v) is 2.89. The number of amides is 1. The van der Waals surface area contributed by atoms with Gasteiger partial charge in [-0.2, -0.15) is 0 Å². The average molecular weight is 165 g/mol. The van der Waals surface area contributed by atoms with E-state index in [0.29, 0.717) is 6.42 Å². The number of benzene rings is 1. The van der Waals surface area contributed by atoms with Gasteiger partial charge in [-0.05, 0) is 18.1 Å². The van der Waals surface area contributed by atoms with Gasteiger partial charge in [0, 0.05) is 18.2 Å². The third-order valence-corrected chi connectivity index (χ3v) is 1.99. The Morgan fingerprint density at radius 3 is 3.17 bits per heavy atom. The first-order valence-corrected chi connectivity index (χ1v) is 3.87. The van der Waals surface area contributed by atoms with Crippen LogP contribution in [0.4, 0.5) is 5.69 Å². The minimum atomic E-state index is 0.0214. The number of rotatable bonds is 0. The van der Waals surface area contributed by atoms with E-state index in [0.717, 1.165) is 17.7 Å². The fourth-order valence-corrected chi connectivity index (χ4v) is 1.36. The van der Waals surface area contributed by atoms with Crippen molar-refractivity contribution in [3.05, 3.63) is 23.8 Å². The summed E-state index contributed by atoms with van der Waals surface area (Å²) < 4.78 is 0. The highest BCUT2D eigenvalue weighted by Gasteiger charge is 2.14. The third-order valence-electron chi connectivity index (χ3n) is 1.99. The Hall–Kier alpha value is -1.51. The molecule has 1 aliphatic heterocycles. The number of nitrogens with one attached hydrogen (secondary N) is 1. The molecule has 0 atom stereocenters. The van der Waals surface area contributed by atoms with Gasteiger partial charge in [0.15, 0.2) is 0 Å². The van der Waals surface area contributed by atoms with Crippen LogP contribution in [0.3, 0.4) is 0 Å². The highest BCUT2D eigenvalue weighted by Crippen LogP contribution is 2.25. The van der Waals surface area contributed by atoms with Gasteiger partial charge in [0.05, 0.1) is 0 Å². The summed E-state index contributed by atoms with van der Waals surface area (Å²) in [6.07, 6.45) is 1.30. The third kappa shape index (κ3) is 1.13. The molecule has 1 heterocycles. The van der Waals surface area contributed by atoms with Crippen molar-refractivity contribution < 1.29 is 9.90 Å². The van der Waals surface area contributed by atoms with Gasteiger partial charge in [0.25, 0.3) is 0 Å². The lowest BCUT2D eigenvalue weighted by Gasteiger charge is -2.16.